The average molecular weight is 329 g/mol. The Morgan fingerprint density at radius 1 is 1.25 bits per heavy atom. The normalized spacial score (nSPS) is 12.4. The van der Waals surface area contributed by atoms with Gasteiger partial charge in [-0.2, -0.15) is 0 Å². The zero-order valence-corrected chi connectivity index (χ0v) is 14.1. The van der Waals surface area contributed by atoms with Crippen LogP contribution in [0.25, 0.3) is 10.9 Å². The summed E-state index contributed by atoms with van der Waals surface area (Å²) in [6, 6.07) is 7.64. The molecule has 1 atom stereocenters. The van der Waals surface area contributed by atoms with Crippen LogP contribution in [0, 0.1) is 0 Å². The highest BCUT2D eigenvalue weighted by Crippen LogP contribution is 2.20. The maximum Gasteiger partial charge on any atom is 0.340 e. The number of aromatic amines is 1. The summed E-state index contributed by atoms with van der Waals surface area (Å²) >= 11 is 0. The van der Waals surface area contributed by atoms with Gasteiger partial charge in [0.2, 0.25) is 0 Å². The number of hydrogen-bond donors (Lipinski definition) is 1. The number of nitrogens with one attached hydrogen (secondary N) is 1. The number of methoxy groups -OCH3 is 1. The monoisotopic (exact) mass is 329 g/mol. The van der Waals surface area contributed by atoms with E-state index in [4.69, 9.17) is 4.74 Å². The number of carbonyl (C=O) groups is 2. The molecular weight excluding hydrogens is 306 g/mol. The number of hydrogen-bond acceptors (Lipinski definition) is 4. The Morgan fingerprint density at radius 3 is 2.79 bits per heavy atom. The SMILES string of the molecule is CCCC(CC/C=C/C(=O)OC)OC(=O)c1c[nH]c2ccccc12. The van der Waals surface area contributed by atoms with Crippen LogP contribution in [0.3, 0.4) is 0 Å². The van der Waals surface area contributed by atoms with Gasteiger partial charge in [0.1, 0.15) is 6.10 Å². The smallest absolute Gasteiger partial charge is 0.340 e. The number of aromatic nitrogens is 1. The molecule has 2 aromatic rings. The molecule has 5 nitrogen and oxygen atoms in total. The summed E-state index contributed by atoms with van der Waals surface area (Å²) < 4.78 is 10.2. The van der Waals surface area contributed by atoms with E-state index in [2.05, 4.69) is 16.6 Å². The quantitative estimate of drug-likeness (QED) is 0.587. The van der Waals surface area contributed by atoms with Crippen molar-refractivity contribution in [3.8, 4) is 0 Å². The van der Waals surface area contributed by atoms with Crippen molar-refractivity contribution in [3.05, 3.63) is 48.2 Å². The van der Waals surface area contributed by atoms with Crippen LogP contribution in [-0.2, 0) is 14.3 Å². The van der Waals surface area contributed by atoms with Gasteiger partial charge in [0, 0.05) is 23.2 Å². The van der Waals surface area contributed by atoms with E-state index in [0.717, 1.165) is 23.7 Å². The van der Waals surface area contributed by atoms with E-state index in [-0.39, 0.29) is 18.0 Å². The number of ether oxygens (including phenoxy) is 2. The van der Waals surface area contributed by atoms with Gasteiger partial charge in [-0.25, -0.2) is 9.59 Å². The minimum atomic E-state index is -0.377. The molecule has 0 aliphatic carbocycles. The van der Waals surface area contributed by atoms with Crippen LogP contribution in [-0.4, -0.2) is 30.1 Å². The first-order valence-electron chi connectivity index (χ1n) is 8.17. The molecule has 0 fully saturated rings. The van der Waals surface area contributed by atoms with E-state index in [9.17, 15) is 9.59 Å². The molecule has 1 unspecified atom stereocenters. The molecule has 24 heavy (non-hydrogen) atoms. The Labute approximate surface area is 141 Å². The largest absolute Gasteiger partial charge is 0.466 e. The van der Waals surface area contributed by atoms with E-state index in [0.29, 0.717) is 18.4 Å². The number of rotatable bonds is 8. The lowest BCUT2D eigenvalue weighted by Gasteiger charge is -2.16. The van der Waals surface area contributed by atoms with Crippen LogP contribution in [0.5, 0.6) is 0 Å². The molecule has 128 valence electrons. The van der Waals surface area contributed by atoms with Gasteiger partial charge < -0.3 is 14.5 Å². The summed E-state index contributed by atoms with van der Waals surface area (Å²) in [6.07, 6.45) is 7.70. The fourth-order valence-corrected chi connectivity index (χ4v) is 2.57. The average Bonchev–Trinajstić information content (AvgIpc) is 3.02. The summed E-state index contributed by atoms with van der Waals surface area (Å²) in [5.41, 5.74) is 1.47. The molecule has 1 heterocycles. The van der Waals surface area contributed by atoms with Crippen molar-refractivity contribution in [1.82, 2.24) is 4.98 Å². The molecule has 0 radical (unpaired) electrons. The van der Waals surface area contributed by atoms with Gasteiger partial charge in [0.25, 0.3) is 0 Å². The van der Waals surface area contributed by atoms with Crippen molar-refractivity contribution in [2.45, 2.75) is 38.7 Å². The molecule has 0 aliphatic rings. The summed E-state index contributed by atoms with van der Waals surface area (Å²) in [6.45, 7) is 2.05. The van der Waals surface area contributed by atoms with Crippen LogP contribution < -0.4 is 0 Å². The zero-order chi connectivity index (χ0) is 17.4. The van der Waals surface area contributed by atoms with Crippen LogP contribution >= 0.6 is 0 Å². The number of carbonyl (C=O) groups excluding carboxylic acids is 2. The molecule has 0 saturated carbocycles. The maximum absolute atomic E-state index is 12.5. The minimum Gasteiger partial charge on any atom is -0.466 e. The molecule has 0 amide bonds. The summed E-state index contributed by atoms with van der Waals surface area (Å²) in [5.74, 6) is -0.694. The van der Waals surface area contributed by atoms with Crippen molar-refractivity contribution in [2.75, 3.05) is 7.11 Å². The number of fused-ring (bicyclic) bond motifs is 1. The van der Waals surface area contributed by atoms with E-state index in [1.54, 1.807) is 12.3 Å². The van der Waals surface area contributed by atoms with Crippen molar-refractivity contribution in [3.63, 3.8) is 0 Å². The Morgan fingerprint density at radius 2 is 2.04 bits per heavy atom. The number of allylic oxidation sites excluding steroid dienone is 1. The third-order valence-corrected chi connectivity index (χ3v) is 3.80. The van der Waals surface area contributed by atoms with Gasteiger partial charge in [-0.15, -0.1) is 0 Å². The molecule has 1 aromatic carbocycles. The number of benzene rings is 1. The lowest BCUT2D eigenvalue weighted by Crippen LogP contribution is -2.18. The number of H-pyrrole nitrogens is 1. The van der Waals surface area contributed by atoms with E-state index >= 15 is 0 Å². The van der Waals surface area contributed by atoms with Crippen molar-refractivity contribution in [2.24, 2.45) is 0 Å². The lowest BCUT2D eigenvalue weighted by molar-refractivity contribution is -0.134. The summed E-state index contributed by atoms with van der Waals surface area (Å²) in [7, 11) is 1.34. The topological polar surface area (TPSA) is 68.4 Å². The number of esters is 2. The molecule has 0 spiro atoms. The molecule has 5 heteroatoms. The van der Waals surface area contributed by atoms with Crippen molar-refractivity contribution >= 4 is 22.8 Å². The van der Waals surface area contributed by atoms with Gasteiger partial charge in [-0.05, 0) is 25.3 Å². The molecule has 1 N–H and O–H groups in total. The fourth-order valence-electron chi connectivity index (χ4n) is 2.57. The Bertz CT molecular complexity index is 717. The zero-order valence-electron chi connectivity index (χ0n) is 14.1. The van der Waals surface area contributed by atoms with Crippen LogP contribution in [0.15, 0.2) is 42.6 Å². The Hall–Kier alpha value is -2.56. The van der Waals surface area contributed by atoms with Crippen LogP contribution in [0.2, 0.25) is 0 Å². The second kappa shape index (κ2) is 8.91. The first kappa shape index (κ1) is 17.8. The molecule has 1 aromatic heterocycles. The maximum atomic E-state index is 12.5. The van der Waals surface area contributed by atoms with E-state index in [1.165, 1.54) is 13.2 Å². The molecule has 2 rings (SSSR count). The predicted octanol–water partition coefficient (Wildman–Crippen LogP) is 4.00. The lowest BCUT2D eigenvalue weighted by atomic mass is 10.1. The Balaban J connectivity index is 1.97. The van der Waals surface area contributed by atoms with Gasteiger partial charge >= 0.3 is 11.9 Å². The fraction of sp³-hybridized carbons (Fsp3) is 0.368. The highest BCUT2D eigenvalue weighted by Gasteiger charge is 2.18. The van der Waals surface area contributed by atoms with Crippen molar-refractivity contribution in [1.29, 1.82) is 0 Å². The Kier molecular flexibility index (Phi) is 6.61. The van der Waals surface area contributed by atoms with Gasteiger partial charge in [-0.3, -0.25) is 0 Å². The first-order chi connectivity index (χ1) is 11.7. The molecule has 0 aliphatic heterocycles. The van der Waals surface area contributed by atoms with Gasteiger partial charge in [0.15, 0.2) is 0 Å². The first-order valence-corrected chi connectivity index (χ1v) is 8.17. The van der Waals surface area contributed by atoms with Crippen molar-refractivity contribution < 1.29 is 19.1 Å². The van der Waals surface area contributed by atoms with Crippen LogP contribution in [0.4, 0.5) is 0 Å². The standard InChI is InChI=1S/C19H23NO4/c1-3-8-14(9-4-7-12-18(21)23-2)24-19(22)16-13-20-17-11-6-5-10-15(16)17/h5-7,10-14,20H,3-4,8-9H2,1-2H3/b12-7+. The highest BCUT2D eigenvalue weighted by atomic mass is 16.5. The molecular formula is C19H23NO4. The third-order valence-electron chi connectivity index (χ3n) is 3.80. The summed E-state index contributed by atoms with van der Waals surface area (Å²) in [5, 5.41) is 0.864. The summed E-state index contributed by atoms with van der Waals surface area (Å²) in [4.78, 5) is 26.6. The molecule has 0 bridgehead atoms. The predicted molar refractivity (Wildman–Crippen MR) is 92.8 cm³/mol. The molecule has 0 saturated heterocycles. The minimum absolute atomic E-state index is 0.168. The second-order valence-electron chi connectivity index (χ2n) is 5.57. The van der Waals surface area contributed by atoms with Gasteiger partial charge in [0.05, 0.1) is 12.7 Å². The third kappa shape index (κ3) is 4.72. The second-order valence-corrected chi connectivity index (χ2v) is 5.57. The number of para-hydroxylation sites is 1. The van der Waals surface area contributed by atoms with Crippen LogP contribution in [0.1, 0.15) is 43.0 Å². The highest BCUT2D eigenvalue weighted by molar-refractivity contribution is 6.04. The van der Waals surface area contributed by atoms with E-state index < -0.39 is 0 Å². The van der Waals surface area contributed by atoms with Gasteiger partial charge in [-0.1, -0.05) is 37.6 Å². The van der Waals surface area contributed by atoms with E-state index in [1.807, 2.05) is 24.3 Å².